The zero-order chi connectivity index (χ0) is 24.6. The van der Waals surface area contributed by atoms with Crippen LogP contribution in [-0.2, 0) is 19.1 Å². The van der Waals surface area contributed by atoms with E-state index >= 15 is 0 Å². The number of nitrogens with one attached hydrogen (secondary N) is 1. The molecule has 1 N–H and O–H groups in total. The van der Waals surface area contributed by atoms with E-state index in [0.717, 1.165) is 16.0 Å². The van der Waals surface area contributed by atoms with E-state index in [1.165, 1.54) is 12.1 Å². The Morgan fingerprint density at radius 3 is 2.29 bits per heavy atom. The molecule has 2 aliphatic rings. The van der Waals surface area contributed by atoms with E-state index in [4.69, 9.17) is 27.9 Å². The minimum atomic E-state index is -0.740. The Kier molecular flexibility index (Phi) is 6.96. The Morgan fingerprint density at radius 2 is 1.65 bits per heavy atom. The summed E-state index contributed by atoms with van der Waals surface area (Å²) >= 11 is 12.5. The summed E-state index contributed by atoms with van der Waals surface area (Å²) in [5.41, 5.74) is 2.92. The standard InChI is InChI=1S/C25H24Cl2N2O5/c1-13-6-7-14(2)21(8-13)28-22(30)12-34-25(33)15-4-3-5-16(9-15)29-23(31)17-10-19(26)20(27)11-18(17)24(29)32/h3-9,17-20H,10-12H2,1-2H3,(H,28,30)/t17-,18-,19-,20+/m1/s1. The number of nitrogens with zero attached hydrogens (tertiary/aromatic N) is 1. The maximum Gasteiger partial charge on any atom is 0.338 e. The molecule has 7 nitrogen and oxygen atoms in total. The molecule has 9 heteroatoms. The Labute approximate surface area is 207 Å². The van der Waals surface area contributed by atoms with Crippen LogP contribution in [-0.4, -0.2) is 41.1 Å². The second-order valence-electron chi connectivity index (χ2n) is 8.72. The SMILES string of the molecule is Cc1ccc(C)c(NC(=O)COC(=O)c2cccc(N3C(=O)[C@@H]4C[C@@H](Cl)[C@@H](Cl)C[C@H]4C3=O)c2)c1. The molecule has 4 rings (SSSR count). The summed E-state index contributed by atoms with van der Waals surface area (Å²) in [4.78, 5) is 51.8. The second-order valence-corrected chi connectivity index (χ2v) is 9.84. The maximum absolute atomic E-state index is 13.0. The summed E-state index contributed by atoms with van der Waals surface area (Å²) in [7, 11) is 0. The van der Waals surface area contributed by atoms with Gasteiger partial charge in [0.25, 0.3) is 5.91 Å². The molecule has 2 aromatic carbocycles. The molecule has 1 aliphatic heterocycles. The number of aryl methyl sites for hydroxylation is 2. The number of halogens is 2. The van der Waals surface area contributed by atoms with Crippen LogP contribution in [0, 0.1) is 25.7 Å². The summed E-state index contributed by atoms with van der Waals surface area (Å²) in [6.45, 7) is 3.30. The number of hydrogen-bond donors (Lipinski definition) is 1. The van der Waals surface area contributed by atoms with Crippen molar-refractivity contribution in [3.63, 3.8) is 0 Å². The summed E-state index contributed by atoms with van der Waals surface area (Å²) < 4.78 is 5.15. The third-order valence-electron chi connectivity index (χ3n) is 6.25. The molecular formula is C25H24Cl2N2O5. The lowest BCUT2D eigenvalue weighted by atomic mass is 9.80. The molecule has 2 aromatic rings. The first-order valence-corrected chi connectivity index (χ1v) is 11.8. The highest BCUT2D eigenvalue weighted by molar-refractivity contribution is 6.31. The minimum absolute atomic E-state index is 0.123. The number of carbonyl (C=O) groups is 4. The lowest BCUT2D eigenvalue weighted by molar-refractivity contribution is -0.122. The van der Waals surface area contributed by atoms with Gasteiger partial charge in [0.2, 0.25) is 11.8 Å². The number of ether oxygens (including phenoxy) is 1. The summed E-state index contributed by atoms with van der Waals surface area (Å²) in [5, 5.41) is 1.97. The minimum Gasteiger partial charge on any atom is -0.452 e. The van der Waals surface area contributed by atoms with Gasteiger partial charge in [-0.05, 0) is 62.1 Å². The molecule has 0 unspecified atom stereocenters. The highest BCUT2D eigenvalue weighted by Gasteiger charge is 2.52. The lowest BCUT2D eigenvalue weighted by Gasteiger charge is -2.28. The largest absolute Gasteiger partial charge is 0.452 e. The van der Waals surface area contributed by atoms with Gasteiger partial charge >= 0.3 is 5.97 Å². The monoisotopic (exact) mass is 502 g/mol. The average Bonchev–Trinajstić information content (AvgIpc) is 3.04. The number of alkyl halides is 2. The van der Waals surface area contributed by atoms with Gasteiger partial charge < -0.3 is 10.1 Å². The fourth-order valence-corrected chi connectivity index (χ4v) is 4.98. The lowest BCUT2D eigenvalue weighted by Crippen LogP contribution is -2.34. The number of fused-ring (bicyclic) bond motifs is 1. The van der Waals surface area contributed by atoms with Gasteiger partial charge in [-0.2, -0.15) is 0 Å². The molecule has 1 saturated carbocycles. The van der Waals surface area contributed by atoms with Gasteiger partial charge in [0, 0.05) is 5.69 Å². The average molecular weight is 503 g/mol. The van der Waals surface area contributed by atoms with Crippen molar-refractivity contribution in [2.24, 2.45) is 11.8 Å². The van der Waals surface area contributed by atoms with Gasteiger partial charge in [-0.25, -0.2) is 4.79 Å². The fraction of sp³-hybridized carbons (Fsp3) is 0.360. The molecule has 0 bridgehead atoms. The number of benzene rings is 2. The van der Waals surface area contributed by atoms with E-state index in [-0.39, 0.29) is 33.8 Å². The van der Waals surface area contributed by atoms with Gasteiger partial charge in [-0.3, -0.25) is 19.3 Å². The number of carbonyl (C=O) groups excluding carboxylic acids is 4. The summed E-state index contributed by atoms with van der Waals surface area (Å²) in [6, 6.07) is 11.7. The van der Waals surface area contributed by atoms with E-state index in [9.17, 15) is 19.2 Å². The van der Waals surface area contributed by atoms with Crippen molar-refractivity contribution in [3.8, 4) is 0 Å². The molecule has 1 aliphatic carbocycles. The summed E-state index contributed by atoms with van der Waals surface area (Å²) in [5.74, 6) is -2.94. The first kappa shape index (κ1) is 24.2. The van der Waals surface area contributed by atoms with Gasteiger partial charge in [-0.15, -0.1) is 23.2 Å². The molecule has 178 valence electrons. The highest BCUT2D eigenvalue weighted by Crippen LogP contribution is 2.43. The molecule has 1 saturated heterocycles. The van der Waals surface area contributed by atoms with E-state index in [2.05, 4.69) is 5.32 Å². The van der Waals surface area contributed by atoms with E-state index in [0.29, 0.717) is 18.5 Å². The van der Waals surface area contributed by atoms with Crippen LogP contribution >= 0.6 is 23.2 Å². The number of rotatable bonds is 5. The Morgan fingerprint density at radius 1 is 1.00 bits per heavy atom. The smallest absolute Gasteiger partial charge is 0.338 e. The van der Waals surface area contributed by atoms with Crippen LogP contribution in [0.5, 0.6) is 0 Å². The van der Waals surface area contributed by atoms with Crippen LogP contribution in [0.25, 0.3) is 0 Å². The molecule has 0 aromatic heterocycles. The van der Waals surface area contributed by atoms with Gasteiger partial charge in [0.05, 0.1) is 33.8 Å². The number of amides is 3. The first-order valence-electron chi connectivity index (χ1n) is 11.0. The highest BCUT2D eigenvalue weighted by atomic mass is 35.5. The molecule has 1 heterocycles. The number of imide groups is 1. The fourth-order valence-electron chi connectivity index (χ4n) is 4.39. The Bertz CT molecular complexity index is 1140. The van der Waals surface area contributed by atoms with E-state index < -0.39 is 30.3 Å². The number of anilines is 2. The zero-order valence-corrected chi connectivity index (χ0v) is 20.2. The first-order chi connectivity index (χ1) is 16.2. The zero-order valence-electron chi connectivity index (χ0n) is 18.7. The van der Waals surface area contributed by atoms with Crippen LogP contribution in [0.3, 0.4) is 0 Å². The van der Waals surface area contributed by atoms with Gasteiger partial charge in [-0.1, -0.05) is 18.2 Å². The molecular weight excluding hydrogens is 479 g/mol. The molecule has 0 spiro atoms. The quantitative estimate of drug-likeness (QED) is 0.375. The van der Waals surface area contributed by atoms with Crippen LogP contribution in [0.1, 0.15) is 34.3 Å². The number of hydrogen-bond acceptors (Lipinski definition) is 5. The third-order valence-corrected chi connectivity index (χ3v) is 7.35. The van der Waals surface area contributed by atoms with Crippen molar-refractivity contribution in [2.45, 2.75) is 37.4 Å². The van der Waals surface area contributed by atoms with Gasteiger partial charge in [0.15, 0.2) is 6.61 Å². The topological polar surface area (TPSA) is 92.8 Å². The van der Waals surface area contributed by atoms with Crippen LogP contribution in [0.15, 0.2) is 42.5 Å². The molecule has 34 heavy (non-hydrogen) atoms. The number of esters is 1. The molecule has 0 radical (unpaired) electrons. The third kappa shape index (κ3) is 4.81. The predicted molar refractivity (Wildman–Crippen MR) is 129 cm³/mol. The van der Waals surface area contributed by atoms with E-state index in [1.54, 1.807) is 12.1 Å². The predicted octanol–water partition coefficient (Wildman–Crippen LogP) is 4.21. The van der Waals surface area contributed by atoms with Crippen LogP contribution in [0.4, 0.5) is 11.4 Å². The van der Waals surface area contributed by atoms with Crippen LogP contribution in [0.2, 0.25) is 0 Å². The van der Waals surface area contributed by atoms with Crippen molar-refractivity contribution in [3.05, 3.63) is 59.2 Å². The Hall–Kier alpha value is -2.90. The Balaban J connectivity index is 1.42. The van der Waals surface area contributed by atoms with E-state index in [1.807, 2.05) is 32.0 Å². The van der Waals surface area contributed by atoms with Crippen molar-refractivity contribution in [1.82, 2.24) is 0 Å². The van der Waals surface area contributed by atoms with Crippen molar-refractivity contribution >= 4 is 58.3 Å². The molecule has 2 fully saturated rings. The molecule has 4 atom stereocenters. The second kappa shape index (κ2) is 9.76. The summed E-state index contributed by atoms with van der Waals surface area (Å²) in [6.07, 6.45) is 0.664. The van der Waals surface area contributed by atoms with Crippen molar-refractivity contribution in [2.75, 3.05) is 16.8 Å². The van der Waals surface area contributed by atoms with Gasteiger partial charge in [0.1, 0.15) is 0 Å². The molecule has 3 amide bonds. The maximum atomic E-state index is 13.0. The van der Waals surface area contributed by atoms with Crippen molar-refractivity contribution in [1.29, 1.82) is 0 Å². The normalized spacial score (nSPS) is 24.1. The van der Waals surface area contributed by atoms with Crippen LogP contribution < -0.4 is 10.2 Å². The van der Waals surface area contributed by atoms with Crippen molar-refractivity contribution < 1.29 is 23.9 Å².